The molecule has 1 aromatic rings. The largest absolute Gasteiger partial charge is 0.389 e. The van der Waals surface area contributed by atoms with Crippen molar-refractivity contribution < 1.29 is 19.4 Å². The minimum absolute atomic E-state index is 0.0591. The van der Waals surface area contributed by atoms with E-state index in [1.54, 1.807) is 18.7 Å². The Labute approximate surface area is 142 Å². The van der Waals surface area contributed by atoms with Crippen LogP contribution in [0.3, 0.4) is 0 Å². The number of hydrogen-bond acceptors (Lipinski definition) is 4. The third-order valence-electron chi connectivity index (χ3n) is 3.91. The van der Waals surface area contributed by atoms with E-state index in [4.69, 9.17) is 4.74 Å². The van der Waals surface area contributed by atoms with Crippen LogP contribution in [0, 0.1) is 0 Å². The van der Waals surface area contributed by atoms with Gasteiger partial charge in [0.05, 0.1) is 11.6 Å². The Morgan fingerprint density at radius 2 is 2.00 bits per heavy atom. The second-order valence-electron chi connectivity index (χ2n) is 7.01. The van der Waals surface area contributed by atoms with Gasteiger partial charge in [0.1, 0.15) is 6.61 Å². The van der Waals surface area contributed by atoms with Gasteiger partial charge in [0, 0.05) is 12.6 Å². The van der Waals surface area contributed by atoms with Gasteiger partial charge in [0.25, 0.3) is 5.91 Å². The van der Waals surface area contributed by atoms with Gasteiger partial charge in [-0.3, -0.25) is 9.59 Å². The second kappa shape index (κ2) is 7.32. The lowest BCUT2D eigenvalue weighted by Crippen LogP contribution is -2.57. The number of amides is 2. The van der Waals surface area contributed by atoms with Gasteiger partial charge in [-0.25, -0.2) is 0 Å². The molecule has 1 aliphatic heterocycles. The molecule has 6 nitrogen and oxygen atoms in total. The maximum atomic E-state index is 12.6. The molecule has 0 unspecified atom stereocenters. The highest BCUT2D eigenvalue weighted by atomic mass is 16.5. The zero-order valence-electron chi connectivity index (χ0n) is 14.7. The van der Waals surface area contributed by atoms with Crippen molar-refractivity contribution in [3.63, 3.8) is 0 Å². The van der Waals surface area contributed by atoms with Crippen LogP contribution in [0.15, 0.2) is 30.3 Å². The zero-order chi connectivity index (χ0) is 17.9. The number of benzene rings is 1. The van der Waals surface area contributed by atoms with E-state index in [0.717, 1.165) is 5.56 Å². The molecule has 2 N–H and O–H groups in total. The van der Waals surface area contributed by atoms with Crippen LogP contribution >= 0.6 is 0 Å². The molecule has 1 saturated heterocycles. The van der Waals surface area contributed by atoms with Crippen molar-refractivity contribution in [2.45, 2.75) is 51.5 Å². The SMILES string of the molecule is CC(C)N1C(=O)CO[C@H](C(=O)NCC(C)(C)O)[C@H]1c1ccccc1. The summed E-state index contributed by atoms with van der Waals surface area (Å²) in [4.78, 5) is 26.7. The standard InChI is InChI=1S/C18H26N2O4/c1-12(2)20-14(21)10-24-16(17(22)19-11-18(3,4)23)15(20)13-8-6-5-7-9-13/h5-9,12,15-16,23H,10-11H2,1-4H3,(H,19,22)/t15-,16+/m1/s1. The molecule has 0 aliphatic carbocycles. The van der Waals surface area contributed by atoms with Gasteiger partial charge in [-0.05, 0) is 33.3 Å². The van der Waals surface area contributed by atoms with Crippen molar-refractivity contribution in [1.29, 1.82) is 0 Å². The molecule has 1 aromatic carbocycles. The predicted molar refractivity (Wildman–Crippen MR) is 90.2 cm³/mol. The number of carbonyl (C=O) groups excluding carboxylic acids is 2. The van der Waals surface area contributed by atoms with Crippen molar-refractivity contribution >= 4 is 11.8 Å². The highest BCUT2D eigenvalue weighted by Crippen LogP contribution is 2.32. The lowest BCUT2D eigenvalue weighted by molar-refractivity contribution is -0.167. The molecule has 2 amide bonds. The van der Waals surface area contributed by atoms with E-state index in [0.29, 0.717) is 0 Å². The molecule has 0 aromatic heterocycles. The van der Waals surface area contributed by atoms with Crippen molar-refractivity contribution in [3.05, 3.63) is 35.9 Å². The van der Waals surface area contributed by atoms with Crippen LogP contribution in [0.1, 0.15) is 39.3 Å². The van der Waals surface area contributed by atoms with E-state index >= 15 is 0 Å². The topological polar surface area (TPSA) is 78.9 Å². The van der Waals surface area contributed by atoms with Crippen molar-refractivity contribution in [3.8, 4) is 0 Å². The van der Waals surface area contributed by atoms with Crippen LogP contribution in [0.5, 0.6) is 0 Å². The summed E-state index contributed by atoms with van der Waals surface area (Å²) in [5.41, 5.74) is -0.164. The Bertz CT molecular complexity index is 580. The summed E-state index contributed by atoms with van der Waals surface area (Å²) in [6, 6.07) is 8.86. The van der Waals surface area contributed by atoms with Gasteiger partial charge < -0.3 is 20.1 Å². The first kappa shape index (κ1) is 18.4. The second-order valence-corrected chi connectivity index (χ2v) is 7.01. The Kier molecular flexibility index (Phi) is 5.62. The number of nitrogens with zero attached hydrogens (tertiary/aromatic N) is 1. The van der Waals surface area contributed by atoms with Gasteiger partial charge in [-0.15, -0.1) is 0 Å². The number of rotatable bonds is 5. The van der Waals surface area contributed by atoms with E-state index in [2.05, 4.69) is 5.32 Å². The fourth-order valence-corrected chi connectivity index (χ4v) is 2.85. The fraction of sp³-hybridized carbons (Fsp3) is 0.556. The van der Waals surface area contributed by atoms with E-state index in [1.165, 1.54) is 0 Å². The van der Waals surface area contributed by atoms with Gasteiger partial charge in [0.2, 0.25) is 5.91 Å². The Morgan fingerprint density at radius 1 is 1.38 bits per heavy atom. The summed E-state index contributed by atoms with van der Waals surface area (Å²) in [5.74, 6) is -0.463. The average Bonchev–Trinajstić information content (AvgIpc) is 2.52. The molecule has 0 spiro atoms. The number of ether oxygens (including phenoxy) is 1. The van der Waals surface area contributed by atoms with Gasteiger partial charge in [0.15, 0.2) is 6.10 Å². The van der Waals surface area contributed by atoms with Crippen molar-refractivity contribution in [2.75, 3.05) is 13.2 Å². The van der Waals surface area contributed by atoms with E-state index in [9.17, 15) is 14.7 Å². The summed E-state index contributed by atoms with van der Waals surface area (Å²) < 4.78 is 5.58. The highest BCUT2D eigenvalue weighted by molar-refractivity contribution is 5.86. The molecular formula is C18H26N2O4. The maximum absolute atomic E-state index is 12.6. The summed E-state index contributed by atoms with van der Waals surface area (Å²) in [5, 5.41) is 12.5. The lowest BCUT2D eigenvalue weighted by atomic mass is 9.95. The summed E-state index contributed by atoms with van der Waals surface area (Å²) in [6.45, 7) is 7.07. The Balaban J connectivity index is 2.30. The molecule has 132 valence electrons. The summed E-state index contributed by atoms with van der Waals surface area (Å²) >= 11 is 0. The normalized spacial score (nSPS) is 21.9. The van der Waals surface area contributed by atoms with Crippen molar-refractivity contribution in [1.82, 2.24) is 10.2 Å². The number of aliphatic hydroxyl groups is 1. The number of hydrogen-bond donors (Lipinski definition) is 2. The quantitative estimate of drug-likeness (QED) is 0.849. The van der Waals surface area contributed by atoms with Crippen LogP contribution in [0.2, 0.25) is 0 Å². The van der Waals surface area contributed by atoms with Crippen molar-refractivity contribution in [2.24, 2.45) is 0 Å². The molecule has 6 heteroatoms. The first-order valence-corrected chi connectivity index (χ1v) is 8.18. The van der Waals surface area contributed by atoms with E-state index in [-0.39, 0.29) is 31.0 Å². The molecule has 2 rings (SSSR count). The third-order valence-corrected chi connectivity index (χ3v) is 3.91. The smallest absolute Gasteiger partial charge is 0.251 e. The maximum Gasteiger partial charge on any atom is 0.251 e. The first-order valence-electron chi connectivity index (χ1n) is 8.18. The van der Waals surface area contributed by atoms with Crippen LogP contribution in [-0.4, -0.2) is 52.7 Å². The summed E-state index contributed by atoms with van der Waals surface area (Å²) in [7, 11) is 0. The molecular weight excluding hydrogens is 308 g/mol. The number of carbonyl (C=O) groups is 2. The molecule has 0 saturated carbocycles. The first-order chi connectivity index (χ1) is 11.2. The van der Waals surface area contributed by atoms with Gasteiger partial charge >= 0.3 is 0 Å². The van der Waals surface area contributed by atoms with Crippen LogP contribution in [0.4, 0.5) is 0 Å². The highest BCUT2D eigenvalue weighted by Gasteiger charge is 2.42. The molecule has 1 fully saturated rings. The lowest BCUT2D eigenvalue weighted by Gasteiger charge is -2.43. The Morgan fingerprint density at radius 3 is 2.54 bits per heavy atom. The average molecular weight is 334 g/mol. The molecule has 24 heavy (non-hydrogen) atoms. The molecule has 1 aliphatic rings. The Hall–Kier alpha value is -1.92. The third kappa shape index (κ3) is 4.33. The minimum Gasteiger partial charge on any atom is -0.389 e. The molecule has 0 radical (unpaired) electrons. The van der Waals surface area contributed by atoms with E-state index < -0.39 is 17.7 Å². The zero-order valence-corrected chi connectivity index (χ0v) is 14.7. The van der Waals surface area contributed by atoms with E-state index in [1.807, 2.05) is 44.2 Å². The molecule has 0 bridgehead atoms. The fourth-order valence-electron chi connectivity index (χ4n) is 2.85. The van der Waals surface area contributed by atoms with Crippen LogP contribution in [0.25, 0.3) is 0 Å². The van der Waals surface area contributed by atoms with Crippen LogP contribution in [-0.2, 0) is 14.3 Å². The van der Waals surface area contributed by atoms with Gasteiger partial charge in [-0.2, -0.15) is 0 Å². The predicted octanol–water partition coefficient (Wildman–Crippen LogP) is 1.25. The summed E-state index contributed by atoms with van der Waals surface area (Å²) in [6.07, 6.45) is -0.810. The number of morpholine rings is 1. The monoisotopic (exact) mass is 334 g/mol. The minimum atomic E-state index is -1.01. The number of nitrogens with one attached hydrogen (secondary N) is 1. The molecule has 2 atom stereocenters. The van der Waals surface area contributed by atoms with Crippen LogP contribution < -0.4 is 5.32 Å². The van der Waals surface area contributed by atoms with Gasteiger partial charge in [-0.1, -0.05) is 30.3 Å². The molecule has 1 heterocycles.